The number of ketones is 2. The third kappa shape index (κ3) is 17.1. The average molecular weight is 1120 g/mol. The van der Waals surface area contributed by atoms with Crippen LogP contribution < -0.4 is 31.9 Å². The van der Waals surface area contributed by atoms with Gasteiger partial charge in [0.05, 0.1) is 36.4 Å². The number of halogens is 1. The number of nitrogens with zero attached hydrogens (tertiary/aromatic N) is 4. The fourth-order valence-corrected chi connectivity index (χ4v) is 11.2. The Morgan fingerprint density at radius 3 is 1.64 bits per heavy atom. The lowest BCUT2D eigenvalue weighted by Crippen LogP contribution is -2.54. The van der Waals surface area contributed by atoms with Gasteiger partial charge in [-0.2, -0.15) is 0 Å². The molecular weight excluding hydrogens is 1030 g/mol. The minimum atomic E-state index is -0.940. The zero-order chi connectivity index (χ0) is 57.4. The summed E-state index contributed by atoms with van der Waals surface area (Å²) in [6.07, 6.45) is 18.5. The van der Waals surface area contributed by atoms with Gasteiger partial charge in [-0.3, -0.25) is 49.9 Å². The number of aryl methyl sites for hydroxylation is 1. The quantitative estimate of drug-likeness (QED) is 0.0120. The molecule has 438 valence electrons. The highest BCUT2D eigenvalue weighted by atomic mass is 19.1. The summed E-state index contributed by atoms with van der Waals surface area (Å²) >= 11 is 0. The van der Waals surface area contributed by atoms with Crippen molar-refractivity contribution in [2.45, 2.75) is 184 Å². The number of epoxide rings is 2. The van der Waals surface area contributed by atoms with Gasteiger partial charge in [0, 0.05) is 66.2 Å². The largest absolute Gasteiger partial charge is 0.377 e. The van der Waals surface area contributed by atoms with Crippen molar-refractivity contribution in [2.75, 3.05) is 40.3 Å². The molecule has 18 nitrogen and oxygen atoms in total. The molecule has 11 unspecified atom stereocenters. The molecular formula is C62H85FN10O8. The SMILES string of the molecule is CNC(C)C(=O)NC(CCCCNC1OC1CCCCCC1OC1NCCCCC(NC(O)C(C)NC)C(=O)N1CCCC1c1cncc(C(=O)c2ccc(F)cc2)c1)C(=O)N1CCCC1c1cncc(C(=O)c2ccc(C)cc2)c1. The van der Waals surface area contributed by atoms with Crippen LogP contribution in [0, 0.1) is 12.7 Å². The number of ether oxygens (including phenoxy) is 2. The van der Waals surface area contributed by atoms with E-state index in [0.717, 1.165) is 113 Å². The van der Waals surface area contributed by atoms with E-state index in [1.165, 1.54) is 30.5 Å². The van der Waals surface area contributed by atoms with E-state index in [1.807, 2.05) is 54.0 Å². The fourth-order valence-electron chi connectivity index (χ4n) is 11.2. The highest BCUT2D eigenvalue weighted by Gasteiger charge is 2.40. The zero-order valence-corrected chi connectivity index (χ0v) is 47.8. The summed E-state index contributed by atoms with van der Waals surface area (Å²) < 4.78 is 25.4. The molecule has 2 aromatic heterocycles. The van der Waals surface area contributed by atoms with E-state index < -0.39 is 30.2 Å². The lowest BCUT2D eigenvalue weighted by Gasteiger charge is -2.32. The Morgan fingerprint density at radius 2 is 1.14 bits per heavy atom. The van der Waals surface area contributed by atoms with Gasteiger partial charge in [-0.05, 0) is 166 Å². The summed E-state index contributed by atoms with van der Waals surface area (Å²) in [6, 6.07) is 14.0. The van der Waals surface area contributed by atoms with Crippen LogP contribution in [0.2, 0.25) is 0 Å². The normalized spacial score (nSPS) is 22.2. The molecule has 7 N–H and O–H groups in total. The Balaban J connectivity index is 0.699. The minimum absolute atomic E-state index is 0.0318. The number of carbonyl (C=O) groups excluding carboxylic acids is 5. The van der Waals surface area contributed by atoms with Crippen LogP contribution in [-0.2, 0) is 23.9 Å². The van der Waals surface area contributed by atoms with Crippen molar-refractivity contribution in [3.8, 4) is 0 Å². The predicted octanol–water partition coefficient (Wildman–Crippen LogP) is 6.31. The zero-order valence-electron chi connectivity index (χ0n) is 47.8. The second-order valence-electron chi connectivity index (χ2n) is 22.5. The van der Waals surface area contributed by atoms with Gasteiger partial charge >= 0.3 is 0 Å². The molecule has 8 rings (SSSR count). The maximum atomic E-state index is 14.3. The molecule has 4 fully saturated rings. The van der Waals surface area contributed by atoms with Gasteiger partial charge in [-0.25, -0.2) is 4.39 Å². The number of unbranched alkanes of at least 4 members (excludes halogenated alkanes) is 4. The molecule has 4 aliphatic rings. The Labute approximate surface area is 476 Å². The first-order valence-corrected chi connectivity index (χ1v) is 29.5. The number of rotatable bonds is 33. The lowest BCUT2D eigenvalue weighted by molar-refractivity contribution is -0.138. The first-order chi connectivity index (χ1) is 39.2. The number of carbonyl (C=O) groups is 5. The summed E-state index contributed by atoms with van der Waals surface area (Å²) in [5.41, 5.74) is 4.47. The third-order valence-corrected chi connectivity index (χ3v) is 16.5. The number of likely N-dealkylation sites (N-methyl/N-ethyl adjacent to an activating group) is 2. The molecule has 0 radical (unpaired) electrons. The summed E-state index contributed by atoms with van der Waals surface area (Å²) in [7, 11) is 3.49. The van der Waals surface area contributed by atoms with E-state index in [4.69, 9.17) is 9.47 Å². The summed E-state index contributed by atoms with van der Waals surface area (Å²) in [6.45, 7) is 8.22. The Hall–Kier alpha value is -5.90. The van der Waals surface area contributed by atoms with Crippen LogP contribution in [0.3, 0.4) is 0 Å². The molecule has 3 amide bonds. The van der Waals surface area contributed by atoms with E-state index >= 15 is 0 Å². The molecule has 4 aliphatic heterocycles. The Kier molecular flexibility index (Phi) is 22.6. The third-order valence-electron chi connectivity index (χ3n) is 16.5. The number of benzene rings is 2. The predicted molar refractivity (Wildman–Crippen MR) is 306 cm³/mol. The van der Waals surface area contributed by atoms with E-state index in [1.54, 1.807) is 45.7 Å². The van der Waals surface area contributed by atoms with E-state index in [9.17, 15) is 33.5 Å². The topological polar surface area (TPSA) is 235 Å². The molecule has 4 aromatic rings. The van der Waals surface area contributed by atoms with Gasteiger partial charge < -0.3 is 40.3 Å². The van der Waals surface area contributed by atoms with Crippen LogP contribution in [-0.4, -0.2) is 149 Å². The van der Waals surface area contributed by atoms with Crippen molar-refractivity contribution in [2.24, 2.45) is 0 Å². The van der Waals surface area contributed by atoms with Crippen LogP contribution in [0.1, 0.15) is 171 Å². The van der Waals surface area contributed by atoms with Crippen molar-refractivity contribution in [3.05, 3.63) is 130 Å². The van der Waals surface area contributed by atoms with Crippen LogP contribution in [0.5, 0.6) is 0 Å². The molecule has 0 bridgehead atoms. The van der Waals surface area contributed by atoms with Gasteiger partial charge in [-0.1, -0.05) is 55.5 Å². The van der Waals surface area contributed by atoms with Gasteiger partial charge in [0.1, 0.15) is 30.5 Å². The number of aliphatic hydroxyl groups excluding tert-OH is 1. The molecule has 19 heteroatoms. The highest BCUT2D eigenvalue weighted by Crippen LogP contribution is 2.35. The van der Waals surface area contributed by atoms with Crippen LogP contribution in [0.25, 0.3) is 0 Å². The number of pyridine rings is 2. The van der Waals surface area contributed by atoms with Gasteiger partial charge in [0.25, 0.3) is 0 Å². The van der Waals surface area contributed by atoms with E-state index in [-0.39, 0.29) is 72.1 Å². The second-order valence-corrected chi connectivity index (χ2v) is 22.5. The number of amides is 3. The molecule has 0 aliphatic carbocycles. The van der Waals surface area contributed by atoms with Crippen molar-refractivity contribution < 1.29 is 42.9 Å². The number of aliphatic hydroxyl groups is 1. The first kappa shape index (κ1) is 61.2. The highest BCUT2D eigenvalue weighted by molar-refractivity contribution is 6.09. The molecule has 0 spiro atoms. The van der Waals surface area contributed by atoms with Crippen molar-refractivity contribution in [1.29, 1.82) is 0 Å². The van der Waals surface area contributed by atoms with Crippen molar-refractivity contribution >= 4 is 29.3 Å². The van der Waals surface area contributed by atoms with Crippen LogP contribution in [0.15, 0.2) is 85.5 Å². The van der Waals surface area contributed by atoms with Gasteiger partial charge in [0.2, 0.25) is 17.7 Å². The van der Waals surface area contributed by atoms with Crippen molar-refractivity contribution in [3.63, 3.8) is 0 Å². The number of hydrogen-bond acceptors (Lipinski definition) is 15. The van der Waals surface area contributed by atoms with Gasteiger partial charge in [-0.15, -0.1) is 0 Å². The maximum Gasteiger partial charge on any atom is 0.245 e. The monoisotopic (exact) mass is 1120 g/mol. The standard InChI is InChI=1S/C62H85FN10O8/c1-39-21-23-42(24-22-39)55(74)46-33-44(35-66-37-46)51-17-13-31-72(51)61(78)49(70-57(76)40(2)64-4)15-9-11-29-68-59-53(80-59)19-7-6-8-20-54-60(81-54)69-30-12-10-16-50(71-58(77)41(3)65-5)62(79)73-32-14-18-52(73)45-34-47(38-67-36-45)56(75)43-25-27-48(63)28-26-43/h21-28,33-38,40-41,49-54,58-60,64-65,68-69,71,77H,6-20,29-32H2,1-5H3,(H,70,76). The molecule has 4 saturated heterocycles. The number of likely N-dealkylation sites (tertiary alicyclic amines) is 2. The van der Waals surface area contributed by atoms with E-state index in [0.29, 0.717) is 48.2 Å². The molecule has 11 atom stereocenters. The lowest BCUT2D eigenvalue weighted by atomic mass is 9.99. The van der Waals surface area contributed by atoms with Crippen LogP contribution in [0.4, 0.5) is 4.39 Å². The second kappa shape index (κ2) is 29.9. The van der Waals surface area contributed by atoms with Gasteiger partial charge in [0.15, 0.2) is 11.6 Å². The molecule has 0 saturated carbocycles. The number of hydrogen-bond donors (Lipinski definition) is 7. The summed E-state index contributed by atoms with van der Waals surface area (Å²) in [5, 5.41) is 30.3. The van der Waals surface area contributed by atoms with Crippen molar-refractivity contribution in [1.82, 2.24) is 51.7 Å². The Bertz CT molecular complexity index is 2720. The minimum Gasteiger partial charge on any atom is -0.377 e. The smallest absolute Gasteiger partial charge is 0.245 e. The molecule has 2 aromatic carbocycles. The fraction of sp³-hybridized carbons (Fsp3) is 0.565. The summed E-state index contributed by atoms with van der Waals surface area (Å²) in [4.78, 5) is 80.7. The number of nitrogens with one attached hydrogen (secondary N) is 6. The molecule has 81 heavy (non-hydrogen) atoms. The maximum absolute atomic E-state index is 14.3. The molecule has 6 heterocycles. The van der Waals surface area contributed by atoms with Crippen LogP contribution >= 0.6 is 0 Å². The number of aromatic nitrogens is 2. The first-order valence-electron chi connectivity index (χ1n) is 29.5. The Morgan fingerprint density at radius 1 is 0.642 bits per heavy atom. The summed E-state index contributed by atoms with van der Waals surface area (Å²) in [5.74, 6) is -1.23. The average Bonchev–Trinajstić information content (AvgIpc) is 4.45. The van der Waals surface area contributed by atoms with E-state index in [2.05, 4.69) is 41.9 Å².